The fraction of sp³-hybridized carbons (Fsp3) is 0.625. The van der Waals surface area contributed by atoms with Crippen LogP contribution in [0.3, 0.4) is 0 Å². The van der Waals surface area contributed by atoms with Crippen molar-refractivity contribution in [1.29, 1.82) is 0 Å². The molecule has 0 aromatic heterocycles. The summed E-state index contributed by atoms with van der Waals surface area (Å²) >= 11 is 5.97. The normalized spacial score (nSPS) is 13.5. The summed E-state index contributed by atoms with van der Waals surface area (Å²) in [6, 6.07) is 4.76. The van der Waals surface area contributed by atoms with Crippen molar-refractivity contribution < 1.29 is 9.13 Å². The number of hydrogen-bond acceptors (Lipinski definition) is 2. The molecule has 0 saturated carbocycles. The molecule has 1 unspecified atom stereocenters. The number of methoxy groups -OCH3 is 1. The number of rotatable bonds is 8. The molecule has 1 rings (SSSR count). The molecule has 0 bridgehead atoms. The number of benzene rings is 1. The highest BCUT2D eigenvalue weighted by atomic mass is 35.5. The first-order chi connectivity index (χ1) is 9.52. The lowest BCUT2D eigenvalue weighted by molar-refractivity contribution is -0.0470. The van der Waals surface area contributed by atoms with E-state index in [1.165, 1.54) is 6.07 Å². The first-order valence-electron chi connectivity index (χ1n) is 7.25. The van der Waals surface area contributed by atoms with Crippen molar-refractivity contribution in [2.45, 2.75) is 51.7 Å². The Kier molecular flexibility index (Phi) is 6.93. The summed E-state index contributed by atoms with van der Waals surface area (Å²) in [5.74, 6) is -0.213. The lowest BCUT2D eigenvalue weighted by atomic mass is 9.84. The Morgan fingerprint density at radius 2 is 1.95 bits per heavy atom. The molecule has 4 heteroatoms. The number of nitrogens with one attached hydrogen (secondary N) is 1. The van der Waals surface area contributed by atoms with E-state index in [1.807, 2.05) is 6.92 Å². The van der Waals surface area contributed by atoms with Gasteiger partial charge in [-0.1, -0.05) is 32.4 Å². The van der Waals surface area contributed by atoms with Gasteiger partial charge in [0.15, 0.2) is 0 Å². The van der Waals surface area contributed by atoms with E-state index in [1.54, 1.807) is 19.2 Å². The summed E-state index contributed by atoms with van der Waals surface area (Å²) in [5.41, 5.74) is 0.344. The molecule has 0 saturated heterocycles. The van der Waals surface area contributed by atoms with Gasteiger partial charge in [0, 0.05) is 18.2 Å². The Morgan fingerprint density at radius 1 is 1.30 bits per heavy atom. The number of ether oxygens (including phenoxy) is 1. The van der Waals surface area contributed by atoms with Gasteiger partial charge in [-0.25, -0.2) is 4.39 Å². The van der Waals surface area contributed by atoms with E-state index in [-0.39, 0.29) is 17.5 Å². The number of halogens is 2. The Hall–Kier alpha value is -0.640. The van der Waals surface area contributed by atoms with Crippen molar-refractivity contribution in [1.82, 2.24) is 5.32 Å². The molecule has 0 heterocycles. The van der Waals surface area contributed by atoms with Crippen LogP contribution >= 0.6 is 11.6 Å². The van der Waals surface area contributed by atoms with Gasteiger partial charge in [0.2, 0.25) is 0 Å². The minimum Gasteiger partial charge on any atom is -0.377 e. The third-order valence-electron chi connectivity index (χ3n) is 4.12. The molecule has 0 aliphatic rings. The van der Waals surface area contributed by atoms with Crippen LogP contribution in [0.1, 0.15) is 39.2 Å². The summed E-state index contributed by atoms with van der Waals surface area (Å²) in [6.07, 6.45) is 2.31. The van der Waals surface area contributed by atoms with Crippen molar-refractivity contribution in [2.24, 2.45) is 0 Å². The molecule has 2 nitrogen and oxygen atoms in total. The predicted molar refractivity (Wildman–Crippen MR) is 82.9 cm³/mol. The minimum atomic E-state index is -0.287. The van der Waals surface area contributed by atoms with Gasteiger partial charge in [-0.05, 0) is 49.6 Å². The van der Waals surface area contributed by atoms with Gasteiger partial charge >= 0.3 is 0 Å². The third-order valence-corrected chi connectivity index (χ3v) is 4.36. The van der Waals surface area contributed by atoms with Crippen molar-refractivity contribution in [3.8, 4) is 0 Å². The lowest BCUT2D eigenvalue weighted by Crippen LogP contribution is -2.52. The molecule has 1 N–H and O–H groups in total. The zero-order valence-electron chi connectivity index (χ0n) is 12.8. The molecule has 0 aliphatic heterocycles. The van der Waals surface area contributed by atoms with Crippen LogP contribution in [0.5, 0.6) is 0 Å². The summed E-state index contributed by atoms with van der Waals surface area (Å²) < 4.78 is 19.7. The number of hydrogen-bond donors (Lipinski definition) is 1. The highest BCUT2D eigenvalue weighted by Gasteiger charge is 2.35. The summed E-state index contributed by atoms with van der Waals surface area (Å²) in [5, 5.41) is 4.00. The van der Waals surface area contributed by atoms with E-state index in [0.29, 0.717) is 17.0 Å². The molecule has 0 fully saturated rings. The Morgan fingerprint density at radius 3 is 2.45 bits per heavy atom. The highest BCUT2D eigenvalue weighted by Crippen LogP contribution is 2.28. The van der Waals surface area contributed by atoms with Gasteiger partial charge in [0.25, 0.3) is 0 Å². The number of likely N-dealkylation sites (N-methyl/N-ethyl adjacent to an activating group) is 1. The second-order valence-electron chi connectivity index (χ2n) is 5.03. The average Bonchev–Trinajstić information content (AvgIpc) is 2.45. The van der Waals surface area contributed by atoms with Crippen LogP contribution in [0.4, 0.5) is 4.39 Å². The van der Waals surface area contributed by atoms with Crippen molar-refractivity contribution >= 4 is 11.6 Å². The maximum absolute atomic E-state index is 13.9. The fourth-order valence-corrected chi connectivity index (χ4v) is 2.98. The Bertz CT molecular complexity index is 413. The van der Waals surface area contributed by atoms with E-state index in [2.05, 4.69) is 19.2 Å². The maximum atomic E-state index is 13.9. The van der Waals surface area contributed by atoms with Gasteiger partial charge < -0.3 is 10.1 Å². The predicted octanol–water partition coefficient (Wildman–Crippen LogP) is 4.20. The Balaban J connectivity index is 3.05. The van der Waals surface area contributed by atoms with Crippen molar-refractivity contribution in [3.05, 3.63) is 34.6 Å². The van der Waals surface area contributed by atoms with Crippen molar-refractivity contribution in [3.63, 3.8) is 0 Å². The summed E-state index contributed by atoms with van der Waals surface area (Å²) in [4.78, 5) is 0. The second-order valence-corrected chi connectivity index (χ2v) is 5.46. The van der Waals surface area contributed by atoms with E-state index in [0.717, 1.165) is 19.4 Å². The molecular formula is C16H25ClFNO. The topological polar surface area (TPSA) is 21.3 Å². The first-order valence-corrected chi connectivity index (χ1v) is 7.63. The largest absolute Gasteiger partial charge is 0.377 e. The van der Waals surface area contributed by atoms with E-state index < -0.39 is 0 Å². The molecule has 0 spiro atoms. The zero-order chi connectivity index (χ0) is 15.2. The van der Waals surface area contributed by atoms with Gasteiger partial charge in [-0.15, -0.1) is 0 Å². The molecule has 20 heavy (non-hydrogen) atoms. The second kappa shape index (κ2) is 7.96. The van der Waals surface area contributed by atoms with Crippen LogP contribution in [0.25, 0.3) is 0 Å². The van der Waals surface area contributed by atoms with Crippen LogP contribution in [-0.2, 0) is 11.2 Å². The van der Waals surface area contributed by atoms with Crippen LogP contribution < -0.4 is 5.32 Å². The average molecular weight is 302 g/mol. The monoisotopic (exact) mass is 301 g/mol. The zero-order valence-corrected chi connectivity index (χ0v) is 13.6. The highest BCUT2D eigenvalue weighted by molar-refractivity contribution is 6.30. The first kappa shape index (κ1) is 17.4. The molecule has 0 amide bonds. The maximum Gasteiger partial charge on any atom is 0.126 e. The van der Waals surface area contributed by atoms with E-state index in [4.69, 9.17) is 16.3 Å². The summed E-state index contributed by atoms with van der Waals surface area (Å²) in [6.45, 7) is 7.07. The van der Waals surface area contributed by atoms with E-state index in [9.17, 15) is 4.39 Å². The summed E-state index contributed by atoms with van der Waals surface area (Å²) in [7, 11) is 1.73. The standard InChI is InChI=1S/C16H25ClFNO/c1-5-16(6-2,20-4)15(19-7-3)11-12-10-13(17)8-9-14(12)18/h8-10,15,19H,5-7,11H2,1-4H3. The lowest BCUT2D eigenvalue weighted by Gasteiger charge is -2.39. The third kappa shape index (κ3) is 3.94. The Labute approximate surface area is 126 Å². The van der Waals surface area contributed by atoms with Gasteiger partial charge in [-0.3, -0.25) is 0 Å². The smallest absolute Gasteiger partial charge is 0.126 e. The molecule has 1 aromatic carbocycles. The molecule has 1 aromatic rings. The van der Waals surface area contributed by atoms with Crippen molar-refractivity contribution in [2.75, 3.05) is 13.7 Å². The quantitative estimate of drug-likeness (QED) is 0.777. The minimum absolute atomic E-state index is 0.0560. The van der Waals surface area contributed by atoms with Crippen LogP contribution in [0, 0.1) is 5.82 Å². The SMILES string of the molecule is CCNC(Cc1cc(Cl)ccc1F)C(CC)(CC)OC. The molecule has 1 atom stereocenters. The van der Waals surface area contributed by atoms with Gasteiger partial charge in [0.05, 0.1) is 5.60 Å². The molecule has 114 valence electrons. The van der Waals surface area contributed by atoms with Crippen LogP contribution in [0.2, 0.25) is 5.02 Å². The van der Waals surface area contributed by atoms with E-state index >= 15 is 0 Å². The van der Waals surface area contributed by atoms with Gasteiger partial charge in [0.1, 0.15) is 5.82 Å². The van der Waals surface area contributed by atoms with Gasteiger partial charge in [-0.2, -0.15) is 0 Å². The van der Waals surface area contributed by atoms with Crippen LogP contribution in [0.15, 0.2) is 18.2 Å². The van der Waals surface area contributed by atoms with Crippen LogP contribution in [-0.4, -0.2) is 25.3 Å². The molecular weight excluding hydrogens is 277 g/mol. The molecule has 0 radical (unpaired) electrons. The molecule has 0 aliphatic carbocycles. The fourth-order valence-electron chi connectivity index (χ4n) is 2.78.